The molecular weight excluding hydrogens is 458 g/mol. The predicted octanol–water partition coefficient (Wildman–Crippen LogP) is 8.86. The molecule has 188 valence electrons. The second-order valence-corrected chi connectivity index (χ2v) is 9.96. The zero-order valence-electron chi connectivity index (χ0n) is 20.8. The molecule has 0 spiro atoms. The first-order chi connectivity index (χ1) is 17.2. The number of hydrogen-bond acceptors (Lipinski definition) is 6. The van der Waals surface area contributed by atoms with Crippen molar-refractivity contribution in [2.75, 3.05) is 6.61 Å². The van der Waals surface area contributed by atoms with Crippen LogP contribution in [0.4, 0.5) is 5.69 Å². The predicted molar refractivity (Wildman–Crippen MR) is 144 cm³/mol. The number of nitro benzene ring substituents is 1. The third kappa shape index (κ3) is 9.40. The molecule has 0 aliphatic carbocycles. The lowest BCUT2D eigenvalue weighted by atomic mass is 10.1. The van der Waals surface area contributed by atoms with Gasteiger partial charge in [0.25, 0.3) is 5.69 Å². The second-order valence-electron chi connectivity index (χ2n) is 8.98. The molecule has 35 heavy (non-hydrogen) atoms. The van der Waals surface area contributed by atoms with Crippen molar-refractivity contribution >= 4 is 17.0 Å². The van der Waals surface area contributed by atoms with Crippen LogP contribution in [0, 0.1) is 10.1 Å². The highest BCUT2D eigenvalue weighted by Gasteiger charge is 2.11. The maximum atomic E-state index is 10.8. The molecule has 0 unspecified atom stereocenters. The fraction of sp³-hybridized carbons (Fsp3) is 0.500. The van der Waals surface area contributed by atoms with Gasteiger partial charge in [0.05, 0.1) is 11.5 Å². The summed E-state index contributed by atoms with van der Waals surface area (Å²) < 4.78 is 5.91. The number of non-ortho nitro benzene ring substituents is 1. The molecule has 2 aromatic carbocycles. The molecule has 6 nitrogen and oxygen atoms in total. The fourth-order valence-corrected chi connectivity index (χ4v) is 4.86. The van der Waals surface area contributed by atoms with Crippen LogP contribution < -0.4 is 4.74 Å². The van der Waals surface area contributed by atoms with Gasteiger partial charge in [-0.1, -0.05) is 88.9 Å². The Labute approximate surface area is 212 Å². The minimum atomic E-state index is -0.406. The molecule has 0 saturated heterocycles. The fourth-order valence-electron chi connectivity index (χ4n) is 4.01. The first-order valence-corrected chi connectivity index (χ1v) is 13.8. The van der Waals surface area contributed by atoms with E-state index in [2.05, 4.69) is 17.1 Å². The van der Waals surface area contributed by atoms with Crippen LogP contribution in [0.15, 0.2) is 48.5 Å². The maximum Gasteiger partial charge on any atom is 0.269 e. The molecule has 0 radical (unpaired) electrons. The Morgan fingerprint density at radius 1 is 0.714 bits per heavy atom. The topological polar surface area (TPSA) is 78.2 Å². The van der Waals surface area contributed by atoms with Crippen molar-refractivity contribution in [2.45, 2.75) is 84.0 Å². The van der Waals surface area contributed by atoms with Gasteiger partial charge < -0.3 is 4.74 Å². The van der Waals surface area contributed by atoms with E-state index in [9.17, 15) is 10.1 Å². The molecule has 3 rings (SSSR count). The van der Waals surface area contributed by atoms with Crippen molar-refractivity contribution in [3.05, 3.63) is 58.6 Å². The number of ether oxygens (including phenoxy) is 1. The highest BCUT2D eigenvalue weighted by molar-refractivity contribution is 7.17. The van der Waals surface area contributed by atoms with Crippen molar-refractivity contribution in [1.82, 2.24) is 10.2 Å². The molecule has 1 aromatic heterocycles. The smallest absolute Gasteiger partial charge is 0.269 e. The van der Waals surface area contributed by atoms with Gasteiger partial charge in [-0.2, -0.15) is 0 Å². The molecule has 1 heterocycles. The van der Waals surface area contributed by atoms with Gasteiger partial charge >= 0.3 is 0 Å². The monoisotopic (exact) mass is 495 g/mol. The van der Waals surface area contributed by atoms with Gasteiger partial charge in [0, 0.05) is 23.3 Å². The Kier molecular flexibility index (Phi) is 11.7. The zero-order valence-corrected chi connectivity index (χ0v) is 21.6. The highest BCUT2D eigenvalue weighted by atomic mass is 32.1. The van der Waals surface area contributed by atoms with E-state index in [1.54, 1.807) is 12.1 Å². The molecule has 0 amide bonds. The van der Waals surface area contributed by atoms with E-state index in [4.69, 9.17) is 4.74 Å². The third-order valence-corrected chi connectivity index (χ3v) is 7.14. The number of hydrogen-bond donors (Lipinski definition) is 0. The minimum Gasteiger partial charge on any atom is -0.494 e. The molecule has 0 N–H and O–H groups in total. The summed E-state index contributed by atoms with van der Waals surface area (Å²) >= 11 is 1.46. The Hall–Kier alpha value is -2.80. The lowest BCUT2D eigenvalue weighted by Crippen LogP contribution is -1.97. The molecule has 0 fully saturated rings. The molecule has 7 heteroatoms. The van der Waals surface area contributed by atoms with Gasteiger partial charge in [0.2, 0.25) is 0 Å². The SMILES string of the molecule is CCCCCCCCCCCCCCOc1ccc(-c2nnc(-c3ccc([N+](=O)[O-])cc3)s2)cc1. The number of rotatable bonds is 17. The summed E-state index contributed by atoms with van der Waals surface area (Å²) in [6, 6.07) is 14.3. The summed E-state index contributed by atoms with van der Waals surface area (Å²) in [5.74, 6) is 0.872. The first kappa shape index (κ1) is 26.8. The van der Waals surface area contributed by atoms with Crippen molar-refractivity contribution in [1.29, 1.82) is 0 Å². The molecular formula is C28H37N3O3S. The minimum absolute atomic E-state index is 0.0672. The largest absolute Gasteiger partial charge is 0.494 e. The van der Waals surface area contributed by atoms with Crippen molar-refractivity contribution in [3.63, 3.8) is 0 Å². The van der Waals surface area contributed by atoms with Crippen LogP contribution in [0.25, 0.3) is 21.1 Å². The van der Waals surface area contributed by atoms with Crippen LogP contribution in [-0.4, -0.2) is 21.7 Å². The van der Waals surface area contributed by atoms with E-state index in [1.165, 1.54) is 94.1 Å². The average Bonchev–Trinajstić information content (AvgIpc) is 3.38. The summed E-state index contributed by atoms with van der Waals surface area (Å²) in [5.41, 5.74) is 1.87. The second kappa shape index (κ2) is 15.2. The number of aromatic nitrogens is 2. The van der Waals surface area contributed by atoms with Crippen LogP contribution in [0.2, 0.25) is 0 Å². The molecule has 0 saturated carbocycles. The van der Waals surface area contributed by atoms with E-state index in [0.29, 0.717) is 0 Å². The number of unbranched alkanes of at least 4 members (excludes halogenated alkanes) is 11. The molecule has 0 atom stereocenters. The van der Waals surface area contributed by atoms with Gasteiger partial charge in [-0.25, -0.2) is 0 Å². The third-order valence-electron chi connectivity index (χ3n) is 6.12. The Morgan fingerprint density at radius 2 is 1.17 bits per heavy atom. The van der Waals surface area contributed by atoms with Crippen LogP contribution in [0.3, 0.4) is 0 Å². The van der Waals surface area contributed by atoms with Crippen LogP contribution in [-0.2, 0) is 0 Å². The van der Waals surface area contributed by atoms with E-state index in [1.807, 2.05) is 24.3 Å². The Bertz CT molecular complexity index is 1000. The summed E-state index contributed by atoms with van der Waals surface area (Å²) in [4.78, 5) is 10.4. The average molecular weight is 496 g/mol. The summed E-state index contributed by atoms with van der Waals surface area (Å²) in [5, 5.41) is 20.9. The van der Waals surface area contributed by atoms with Crippen LogP contribution in [0.1, 0.15) is 84.0 Å². The normalized spacial score (nSPS) is 11.0. The van der Waals surface area contributed by atoms with Gasteiger partial charge in [0.1, 0.15) is 15.8 Å². The van der Waals surface area contributed by atoms with E-state index < -0.39 is 4.92 Å². The lowest BCUT2D eigenvalue weighted by molar-refractivity contribution is -0.384. The lowest BCUT2D eigenvalue weighted by Gasteiger charge is -2.07. The number of nitrogens with zero attached hydrogens (tertiary/aromatic N) is 3. The molecule has 3 aromatic rings. The summed E-state index contributed by atoms with van der Waals surface area (Å²) in [6.07, 6.45) is 16.1. The number of benzene rings is 2. The van der Waals surface area contributed by atoms with Crippen LogP contribution >= 0.6 is 11.3 Å². The van der Waals surface area contributed by atoms with Gasteiger partial charge in [-0.15, -0.1) is 10.2 Å². The quantitative estimate of drug-likeness (QED) is 0.106. The summed E-state index contributed by atoms with van der Waals surface area (Å²) in [7, 11) is 0. The van der Waals surface area contributed by atoms with E-state index in [-0.39, 0.29) is 5.69 Å². The van der Waals surface area contributed by atoms with Crippen LogP contribution in [0.5, 0.6) is 5.75 Å². The first-order valence-electron chi connectivity index (χ1n) is 13.0. The van der Waals surface area contributed by atoms with Crippen molar-refractivity contribution < 1.29 is 9.66 Å². The zero-order chi connectivity index (χ0) is 24.7. The van der Waals surface area contributed by atoms with E-state index in [0.717, 1.165) is 39.9 Å². The van der Waals surface area contributed by atoms with Crippen molar-refractivity contribution in [2.24, 2.45) is 0 Å². The van der Waals surface area contributed by atoms with Crippen molar-refractivity contribution in [3.8, 4) is 26.9 Å². The molecule has 0 aliphatic heterocycles. The Morgan fingerprint density at radius 3 is 1.66 bits per heavy atom. The van der Waals surface area contributed by atoms with Gasteiger partial charge in [-0.3, -0.25) is 10.1 Å². The standard InChI is InChI=1S/C28H37N3O3S/c1-2-3-4-5-6-7-8-9-10-11-12-13-22-34-26-20-16-24(17-21-26)28-30-29-27(35-28)23-14-18-25(19-15-23)31(32)33/h14-21H,2-13,22H2,1H3. The van der Waals surface area contributed by atoms with E-state index >= 15 is 0 Å². The van der Waals surface area contributed by atoms with Gasteiger partial charge in [0.15, 0.2) is 0 Å². The molecule has 0 bridgehead atoms. The highest BCUT2D eigenvalue weighted by Crippen LogP contribution is 2.31. The maximum absolute atomic E-state index is 10.8. The molecule has 0 aliphatic rings. The van der Waals surface area contributed by atoms with Gasteiger partial charge in [-0.05, 0) is 42.8 Å². The summed E-state index contributed by atoms with van der Waals surface area (Å²) in [6.45, 7) is 3.02. The Balaban J connectivity index is 1.30. The number of nitro groups is 1.